The lowest BCUT2D eigenvalue weighted by atomic mass is 9.80. The molecule has 4 aromatic carbocycles. The summed E-state index contributed by atoms with van der Waals surface area (Å²) in [7, 11) is -3.11. The van der Waals surface area contributed by atoms with Gasteiger partial charge in [0.15, 0.2) is 46.8 Å². The van der Waals surface area contributed by atoms with Gasteiger partial charge in [0.2, 0.25) is 11.9 Å². The Kier molecular flexibility index (Phi) is 18.3. The highest BCUT2D eigenvalue weighted by Crippen LogP contribution is 2.50. The number of methoxy groups -OCH3 is 2. The summed E-state index contributed by atoms with van der Waals surface area (Å²) in [5.41, 5.74) is 0.319. The van der Waals surface area contributed by atoms with E-state index in [0.717, 1.165) is 0 Å². The Morgan fingerprint density at radius 2 is 1.48 bits per heavy atom. The van der Waals surface area contributed by atoms with E-state index in [1.165, 1.54) is 28.1 Å². The highest BCUT2D eigenvalue weighted by atomic mass is 31.2. The molecule has 2 saturated heterocycles. The number of nitrogens with one attached hydrogen (secondary N) is 3. The van der Waals surface area contributed by atoms with Gasteiger partial charge < -0.3 is 52.0 Å². The number of H-pyrrole nitrogens is 1. The van der Waals surface area contributed by atoms with E-state index in [2.05, 4.69) is 40.5 Å². The summed E-state index contributed by atoms with van der Waals surface area (Å²) >= 11 is 0. The van der Waals surface area contributed by atoms with Gasteiger partial charge in [0.1, 0.15) is 41.7 Å². The number of anilines is 2. The van der Waals surface area contributed by atoms with E-state index >= 15 is 4.39 Å². The molecule has 2 unspecified atom stereocenters. The van der Waals surface area contributed by atoms with Crippen LogP contribution in [0.15, 0.2) is 133 Å². The molecule has 0 radical (unpaired) electrons. The third-order valence-corrected chi connectivity index (χ3v) is 15.3. The molecule has 6 heterocycles. The molecule has 2 aliphatic heterocycles. The fraction of sp³-hybridized carbons (Fsp3) is 0.327. The van der Waals surface area contributed by atoms with Crippen LogP contribution in [0.4, 0.5) is 16.2 Å². The molecule has 9 atom stereocenters. The van der Waals surface area contributed by atoms with Gasteiger partial charge in [-0.2, -0.15) is 10.2 Å². The summed E-state index contributed by atoms with van der Waals surface area (Å²) in [6.45, 7) is 2.32. The minimum Gasteiger partial charge on any atom is -0.497 e. The molecular weight excluding hydrogens is 1120 g/mol. The first-order valence-electron chi connectivity index (χ1n) is 26.0. The van der Waals surface area contributed by atoms with Crippen molar-refractivity contribution < 1.29 is 65.2 Å². The first kappa shape index (κ1) is 58.3. The molecule has 0 bridgehead atoms. The Hall–Kier alpha value is -7.92. The zero-order chi connectivity index (χ0) is 58.2. The highest BCUT2D eigenvalue weighted by Gasteiger charge is 2.51. The zero-order valence-corrected chi connectivity index (χ0v) is 46.8. The van der Waals surface area contributed by atoms with E-state index in [1.54, 1.807) is 82.7 Å². The highest BCUT2D eigenvalue weighted by molar-refractivity contribution is 7.41. The van der Waals surface area contributed by atoms with E-state index < -0.39 is 95.4 Å². The van der Waals surface area contributed by atoms with Crippen LogP contribution < -0.4 is 25.7 Å². The molecule has 83 heavy (non-hydrogen) atoms. The molecule has 0 aliphatic carbocycles. The van der Waals surface area contributed by atoms with Crippen LogP contribution in [0.1, 0.15) is 66.2 Å². The Bertz CT molecular complexity index is 3620. The molecule has 4 aromatic heterocycles. The number of nitriles is 1. The third kappa shape index (κ3) is 12.7. The molecule has 2 aliphatic rings. The SMILES string of the molecule is COc1ccc(C(OC[C@H]2O[C@@H](n3cnc4c(=O)[nH]c(NC(=O)C(C)C)nc43)[C@H](OP(OCCC#N)OC[C@@H]3C[C@@H](O[PH](=O)O)[C@H](n4cnc5c(NC(=O)c6ccccc6)ncnc54)O3)[C@@H]2F)(c2ccccc2)c2ccc(OC)cc2)cc1. The number of hydrogen-bond acceptors (Lipinski definition) is 19. The van der Waals surface area contributed by atoms with Gasteiger partial charge in [-0.3, -0.25) is 38.4 Å². The molecule has 0 saturated carbocycles. The first-order chi connectivity index (χ1) is 40.3. The van der Waals surface area contributed by atoms with Crippen LogP contribution in [0.2, 0.25) is 0 Å². The lowest BCUT2D eigenvalue weighted by Gasteiger charge is -2.37. The van der Waals surface area contributed by atoms with Gasteiger partial charge >= 0.3 is 16.9 Å². The number of alkyl halides is 1. The van der Waals surface area contributed by atoms with Crippen LogP contribution in [0, 0.1) is 17.2 Å². The minimum atomic E-state index is -3.57. The van der Waals surface area contributed by atoms with Gasteiger partial charge in [-0.05, 0) is 53.1 Å². The van der Waals surface area contributed by atoms with E-state index in [4.69, 9.17) is 41.8 Å². The fourth-order valence-electron chi connectivity index (χ4n) is 9.59. The quantitative estimate of drug-likeness (QED) is 0.0256. The van der Waals surface area contributed by atoms with Crippen LogP contribution in [0.25, 0.3) is 22.3 Å². The largest absolute Gasteiger partial charge is 0.497 e. The monoisotopic (exact) mass is 1180 g/mol. The van der Waals surface area contributed by atoms with Gasteiger partial charge in [0.05, 0.1) is 65.3 Å². The van der Waals surface area contributed by atoms with E-state index in [0.29, 0.717) is 33.8 Å². The topological polar surface area (TPSA) is 310 Å². The molecule has 10 rings (SSSR count). The van der Waals surface area contributed by atoms with Crippen LogP contribution in [0.5, 0.6) is 11.5 Å². The maximum Gasteiger partial charge on any atom is 0.333 e. The van der Waals surface area contributed by atoms with Crippen molar-refractivity contribution in [2.45, 2.75) is 75.3 Å². The second-order valence-electron chi connectivity index (χ2n) is 19.2. The number of imidazole rings is 2. The normalized spacial score (nSPS) is 20.5. The number of fused-ring (bicyclic) bond motifs is 2. The zero-order valence-electron chi connectivity index (χ0n) is 44.9. The molecule has 2 fully saturated rings. The van der Waals surface area contributed by atoms with Gasteiger partial charge in [-0.15, -0.1) is 0 Å². The number of carbonyl (C=O) groups excluding carboxylic acids is 2. The smallest absolute Gasteiger partial charge is 0.333 e. The maximum absolute atomic E-state index is 18.0. The number of benzene rings is 4. The summed E-state index contributed by atoms with van der Waals surface area (Å²) in [6.07, 6.45) is -6.13. The van der Waals surface area contributed by atoms with Crippen molar-refractivity contribution in [2.75, 3.05) is 44.7 Å². The summed E-state index contributed by atoms with van der Waals surface area (Å²) in [5, 5.41) is 14.9. The van der Waals surface area contributed by atoms with Crippen molar-refractivity contribution in [3.05, 3.63) is 161 Å². The van der Waals surface area contributed by atoms with Gasteiger partial charge in [-0.1, -0.05) is 86.6 Å². The van der Waals surface area contributed by atoms with Crippen molar-refractivity contribution in [1.82, 2.24) is 39.0 Å². The number of aromatic amines is 1. The molecule has 0 spiro atoms. The standard InChI is InChI=1S/C55H56FN11O14P2/c1-32(2)49(68)64-54-63-48-44(51(70)65-54)61-31-67(48)53-45(42(56)41(79-53)28-75-55(34-14-9-6-10-15-34,35-16-20-37(73-3)21-17-35)36-18-22-38(74-4)23-19-36)81-83(76-25-11-24-57)77-27-39-26-40(80-82(71)72)52(78-39)66-30-60-43-46(58-29-59-47(43)66)62-50(69)33-12-7-5-8-13-33/h5-10,12-23,29-32,39-42,45,52-53,82H,11,25-28H2,1-4H3,(H,71,72)(H,58,59,62,69)(H2,63,64,65,68,70)/t39-,40+,41+,42+,45+,52+,53+,83?/m0/s1. The average molecular weight is 1180 g/mol. The Balaban J connectivity index is 0.968. The fourth-order valence-corrected chi connectivity index (χ4v) is 11.2. The number of halogens is 1. The van der Waals surface area contributed by atoms with Crippen molar-refractivity contribution in [3.63, 3.8) is 0 Å². The molecule has 2 amide bonds. The predicted molar refractivity (Wildman–Crippen MR) is 297 cm³/mol. The molecule has 25 nitrogen and oxygen atoms in total. The molecule has 432 valence electrons. The van der Waals surface area contributed by atoms with E-state index in [-0.39, 0.29) is 60.1 Å². The van der Waals surface area contributed by atoms with Gasteiger partial charge in [0.25, 0.3) is 11.5 Å². The number of rotatable bonds is 24. The summed E-state index contributed by atoms with van der Waals surface area (Å²) in [5.74, 6) is -0.337. The average Bonchev–Trinajstić information content (AvgIpc) is 3.45. The van der Waals surface area contributed by atoms with E-state index in [9.17, 15) is 29.1 Å². The van der Waals surface area contributed by atoms with Crippen molar-refractivity contribution in [1.29, 1.82) is 5.26 Å². The Labute approximate surface area is 474 Å². The van der Waals surface area contributed by atoms with E-state index in [1.807, 2.05) is 60.7 Å². The predicted octanol–water partition coefficient (Wildman–Crippen LogP) is 7.68. The van der Waals surface area contributed by atoms with Crippen LogP contribution >= 0.6 is 16.9 Å². The maximum atomic E-state index is 18.0. The third-order valence-electron chi connectivity index (χ3n) is 13.7. The number of amides is 2. The van der Waals surface area contributed by atoms with Crippen molar-refractivity contribution in [3.8, 4) is 17.6 Å². The minimum absolute atomic E-state index is 0.0336. The van der Waals surface area contributed by atoms with Gasteiger partial charge in [-0.25, -0.2) is 24.3 Å². The second kappa shape index (κ2) is 26.1. The van der Waals surface area contributed by atoms with Crippen molar-refractivity contribution >= 4 is 62.8 Å². The number of nitrogens with zero attached hydrogens (tertiary/aromatic N) is 8. The van der Waals surface area contributed by atoms with Gasteiger partial charge in [0, 0.05) is 17.9 Å². The molecule has 8 aromatic rings. The number of hydrogen-bond donors (Lipinski definition) is 4. The van der Waals surface area contributed by atoms with Crippen molar-refractivity contribution in [2.24, 2.45) is 5.92 Å². The number of ether oxygens (including phenoxy) is 5. The molecule has 28 heteroatoms. The first-order valence-corrected chi connectivity index (χ1v) is 28.4. The number of carbonyl (C=O) groups is 2. The van der Waals surface area contributed by atoms with Crippen LogP contribution in [-0.2, 0) is 47.3 Å². The lowest BCUT2D eigenvalue weighted by molar-refractivity contribution is -0.118. The lowest BCUT2D eigenvalue weighted by Crippen LogP contribution is -2.38. The summed E-state index contributed by atoms with van der Waals surface area (Å²) < 4.78 is 88.7. The molecule has 4 N–H and O–H groups in total. The molecular formula is C55H56FN11O14P2. The second-order valence-corrected chi connectivity index (χ2v) is 21.2. The summed E-state index contributed by atoms with van der Waals surface area (Å²) in [4.78, 5) is 73.9. The van der Waals surface area contributed by atoms with Crippen LogP contribution in [-0.4, -0.2) is 120 Å². The summed E-state index contributed by atoms with van der Waals surface area (Å²) in [6, 6.07) is 34.3. The Morgan fingerprint density at radius 3 is 2.12 bits per heavy atom. The van der Waals surface area contributed by atoms with Crippen LogP contribution in [0.3, 0.4) is 0 Å². The Morgan fingerprint density at radius 1 is 0.843 bits per heavy atom. The number of aromatic nitrogens is 8.